The van der Waals surface area contributed by atoms with Crippen molar-refractivity contribution in [2.75, 3.05) is 13.7 Å². The molecule has 1 N–H and O–H groups in total. The van der Waals surface area contributed by atoms with Crippen LogP contribution >= 0.6 is 11.6 Å². The Hall–Kier alpha value is -2.97. The van der Waals surface area contributed by atoms with E-state index in [-0.39, 0.29) is 11.6 Å². The molecule has 0 aromatic heterocycles. The van der Waals surface area contributed by atoms with Gasteiger partial charge in [0.05, 0.1) is 24.8 Å². The van der Waals surface area contributed by atoms with Gasteiger partial charge in [0.1, 0.15) is 11.6 Å². The van der Waals surface area contributed by atoms with Crippen molar-refractivity contribution < 1.29 is 14.3 Å². The summed E-state index contributed by atoms with van der Waals surface area (Å²) in [5.74, 6) is 0.503. The van der Waals surface area contributed by atoms with Crippen molar-refractivity contribution in [2.24, 2.45) is 0 Å². The van der Waals surface area contributed by atoms with Crippen LogP contribution in [0.2, 0.25) is 5.02 Å². The highest BCUT2D eigenvalue weighted by atomic mass is 35.5. The average molecular weight is 385 g/mol. The summed E-state index contributed by atoms with van der Waals surface area (Å²) in [5, 5.41) is 12.6. The van der Waals surface area contributed by atoms with Gasteiger partial charge in [-0.05, 0) is 37.1 Å². The van der Waals surface area contributed by atoms with Crippen LogP contribution in [0.4, 0.5) is 0 Å². The molecule has 2 aromatic carbocycles. The lowest BCUT2D eigenvalue weighted by atomic mass is 10.1. The van der Waals surface area contributed by atoms with Crippen LogP contribution in [0, 0.1) is 11.3 Å². The summed E-state index contributed by atoms with van der Waals surface area (Å²) >= 11 is 6.28. The van der Waals surface area contributed by atoms with Crippen LogP contribution in [-0.4, -0.2) is 19.6 Å². The molecule has 2 aromatic rings. The first-order chi connectivity index (χ1) is 13.0. The summed E-state index contributed by atoms with van der Waals surface area (Å²) in [6.07, 6.45) is 1.44. The molecular weight excluding hydrogens is 364 g/mol. The SMILES string of the molecule is CCOc1cc(Cl)c(/C=C(/C#N)C(=O)N[C@@H](C)c2ccccc2)cc1OC. The van der Waals surface area contributed by atoms with Gasteiger partial charge in [-0.25, -0.2) is 0 Å². The summed E-state index contributed by atoms with van der Waals surface area (Å²) in [6, 6.07) is 14.5. The van der Waals surface area contributed by atoms with Crippen LogP contribution in [0.25, 0.3) is 6.08 Å². The summed E-state index contributed by atoms with van der Waals surface area (Å²) in [6.45, 7) is 4.17. The Balaban J connectivity index is 2.27. The minimum atomic E-state index is -0.474. The highest BCUT2D eigenvalue weighted by Crippen LogP contribution is 2.34. The molecule has 0 aliphatic heterocycles. The van der Waals surface area contributed by atoms with E-state index < -0.39 is 5.91 Å². The number of nitriles is 1. The van der Waals surface area contributed by atoms with E-state index in [1.54, 1.807) is 12.1 Å². The van der Waals surface area contributed by atoms with Crippen molar-refractivity contribution in [1.29, 1.82) is 5.26 Å². The van der Waals surface area contributed by atoms with Gasteiger partial charge in [0.25, 0.3) is 5.91 Å². The van der Waals surface area contributed by atoms with Crippen molar-refractivity contribution in [3.05, 3.63) is 64.2 Å². The van der Waals surface area contributed by atoms with Gasteiger partial charge >= 0.3 is 0 Å². The quantitative estimate of drug-likeness (QED) is 0.562. The topological polar surface area (TPSA) is 71.3 Å². The van der Waals surface area contributed by atoms with Crippen LogP contribution in [0.5, 0.6) is 11.5 Å². The fraction of sp³-hybridized carbons (Fsp3) is 0.238. The normalized spacial score (nSPS) is 12.0. The second kappa shape index (κ2) is 9.65. The molecule has 0 heterocycles. The maximum Gasteiger partial charge on any atom is 0.262 e. The molecule has 0 bridgehead atoms. The molecule has 0 aliphatic carbocycles. The molecule has 0 spiro atoms. The van der Waals surface area contributed by atoms with Gasteiger partial charge in [-0.2, -0.15) is 5.26 Å². The first-order valence-electron chi connectivity index (χ1n) is 8.48. The van der Waals surface area contributed by atoms with E-state index in [2.05, 4.69) is 5.32 Å². The second-order valence-corrected chi connectivity index (χ2v) is 6.14. The minimum absolute atomic E-state index is 0.0501. The first kappa shape index (κ1) is 20.3. The molecule has 0 saturated heterocycles. The number of nitrogens with one attached hydrogen (secondary N) is 1. The average Bonchev–Trinajstić information content (AvgIpc) is 2.68. The third-order valence-corrected chi connectivity index (χ3v) is 4.22. The van der Waals surface area contributed by atoms with E-state index in [0.717, 1.165) is 5.56 Å². The monoisotopic (exact) mass is 384 g/mol. The number of hydrogen-bond donors (Lipinski definition) is 1. The number of benzene rings is 2. The number of rotatable bonds is 7. The number of nitrogens with zero attached hydrogens (tertiary/aromatic N) is 1. The number of methoxy groups -OCH3 is 1. The Bertz CT molecular complexity index is 873. The molecule has 0 radical (unpaired) electrons. The zero-order chi connectivity index (χ0) is 19.8. The number of halogens is 1. The summed E-state index contributed by atoms with van der Waals surface area (Å²) in [7, 11) is 1.51. The standard InChI is InChI=1S/C21H21ClN2O3/c1-4-27-20-12-18(22)16(11-19(20)26-3)10-17(13-23)21(25)24-14(2)15-8-6-5-7-9-15/h5-12,14H,4H2,1-3H3,(H,24,25)/b17-10-/t14-/m0/s1. The molecule has 1 amide bonds. The number of hydrogen-bond acceptors (Lipinski definition) is 4. The van der Waals surface area contributed by atoms with Gasteiger partial charge < -0.3 is 14.8 Å². The predicted octanol–water partition coefficient (Wildman–Crippen LogP) is 4.53. The van der Waals surface area contributed by atoms with Gasteiger partial charge in [0.2, 0.25) is 0 Å². The molecule has 2 rings (SSSR count). The number of amides is 1. The fourth-order valence-corrected chi connectivity index (χ4v) is 2.70. The van der Waals surface area contributed by atoms with Crippen LogP contribution < -0.4 is 14.8 Å². The lowest BCUT2D eigenvalue weighted by Crippen LogP contribution is -2.27. The largest absolute Gasteiger partial charge is 0.493 e. The Labute approximate surface area is 164 Å². The Morgan fingerprint density at radius 1 is 1.30 bits per heavy atom. The van der Waals surface area contributed by atoms with E-state index in [9.17, 15) is 10.1 Å². The molecule has 27 heavy (non-hydrogen) atoms. The Kier molecular flexibility index (Phi) is 7.27. The van der Waals surface area contributed by atoms with Gasteiger partial charge in [-0.3, -0.25) is 4.79 Å². The lowest BCUT2D eigenvalue weighted by molar-refractivity contribution is -0.117. The highest BCUT2D eigenvalue weighted by Gasteiger charge is 2.16. The van der Waals surface area contributed by atoms with Crippen LogP contribution in [0.1, 0.15) is 31.0 Å². The molecule has 0 unspecified atom stereocenters. The molecule has 0 aliphatic rings. The first-order valence-corrected chi connectivity index (χ1v) is 8.85. The van der Waals surface area contributed by atoms with Crippen molar-refractivity contribution >= 4 is 23.6 Å². The predicted molar refractivity (Wildman–Crippen MR) is 106 cm³/mol. The smallest absolute Gasteiger partial charge is 0.262 e. The Morgan fingerprint density at radius 3 is 2.59 bits per heavy atom. The molecule has 6 heteroatoms. The van der Waals surface area contributed by atoms with E-state index in [1.165, 1.54) is 13.2 Å². The number of carbonyl (C=O) groups is 1. The van der Waals surface area contributed by atoms with E-state index in [4.69, 9.17) is 21.1 Å². The van der Waals surface area contributed by atoms with Gasteiger partial charge in [-0.1, -0.05) is 41.9 Å². The van der Waals surface area contributed by atoms with E-state index in [0.29, 0.717) is 28.7 Å². The van der Waals surface area contributed by atoms with Gasteiger partial charge in [0, 0.05) is 6.07 Å². The summed E-state index contributed by atoms with van der Waals surface area (Å²) < 4.78 is 10.8. The molecule has 0 saturated carbocycles. The highest BCUT2D eigenvalue weighted by molar-refractivity contribution is 6.32. The molecule has 5 nitrogen and oxygen atoms in total. The third kappa shape index (κ3) is 5.25. The maximum atomic E-state index is 12.5. The third-order valence-electron chi connectivity index (χ3n) is 3.89. The summed E-state index contributed by atoms with van der Waals surface area (Å²) in [4.78, 5) is 12.5. The number of ether oxygens (including phenoxy) is 2. The molecule has 0 fully saturated rings. The molecular formula is C21H21ClN2O3. The molecule has 1 atom stereocenters. The van der Waals surface area contributed by atoms with Crippen LogP contribution in [0.3, 0.4) is 0 Å². The van der Waals surface area contributed by atoms with Gasteiger partial charge in [-0.15, -0.1) is 0 Å². The fourth-order valence-electron chi connectivity index (χ4n) is 2.49. The minimum Gasteiger partial charge on any atom is -0.493 e. The van der Waals surface area contributed by atoms with E-state index in [1.807, 2.05) is 50.2 Å². The Morgan fingerprint density at radius 2 is 2.00 bits per heavy atom. The van der Waals surface area contributed by atoms with Crippen molar-refractivity contribution in [1.82, 2.24) is 5.32 Å². The van der Waals surface area contributed by atoms with Crippen LogP contribution in [0.15, 0.2) is 48.0 Å². The van der Waals surface area contributed by atoms with Gasteiger partial charge in [0.15, 0.2) is 11.5 Å². The lowest BCUT2D eigenvalue weighted by Gasteiger charge is -2.14. The maximum absolute atomic E-state index is 12.5. The zero-order valence-electron chi connectivity index (χ0n) is 15.5. The van der Waals surface area contributed by atoms with E-state index >= 15 is 0 Å². The zero-order valence-corrected chi connectivity index (χ0v) is 16.2. The second-order valence-electron chi connectivity index (χ2n) is 5.73. The van der Waals surface area contributed by atoms with Crippen molar-refractivity contribution in [2.45, 2.75) is 19.9 Å². The van der Waals surface area contributed by atoms with Crippen molar-refractivity contribution in [3.63, 3.8) is 0 Å². The summed E-state index contributed by atoms with van der Waals surface area (Å²) in [5.41, 5.74) is 1.39. The molecule has 140 valence electrons. The number of carbonyl (C=O) groups excluding carboxylic acids is 1. The van der Waals surface area contributed by atoms with Crippen molar-refractivity contribution in [3.8, 4) is 17.6 Å². The van der Waals surface area contributed by atoms with Crippen LogP contribution in [-0.2, 0) is 4.79 Å².